The minimum absolute atomic E-state index is 0.0206. The van der Waals surface area contributed by atoms with Crippen LogP contribution in [-0.2, 0) is 16.1 Å². The highest BCUT2D eigenvalue weighted by Crippen LogP contribution is 2.39. The molecule has 8 nitrogen and oxygen atoms in total. The van der Waals surface area contributed by atoms with Gasteiger partial charge in [-0.15, -0.1) is 0 Å². The number of aromatic nitrogens is 1. The molecule has 1 N–H and O–H groups in total. The number of piperidine rings is 1. The number of likely N-dealkylation sites (tertiary alicyclic amines) is 1. The number of benzene rings is 2. The number of amides is 3. The van der Waals surface area contributed by atoms with Gasteiger partial charge in [-0.25, -0.2) is 4.39 Å². The van der Waals surface area contributed by atoms with E-state index in [4.69, 9.17) is 4.74 Å². The Morgan fingerprint density at radius 3 is 2.45 bits per heavy atom. The number of hydrogen-bond donors (Lipinski definition) is 1. The van der Waals surface area contributed by atoms with Crippen LogP contribution in [-0.4, -0.2) is 64.0 Å². The van der Waals surface area contributed by atoms with Crippen molar-refractivity contribution in [1.29, 1.82) is 0 Å². The molecule has 0 aliphatic carbocycles. The first-order chi connectivity index (χ1) is 18.4. The third-order valence-corrected chi connectivity index (χ3v) is 7.14. The maximum Gasteiger partial charge on any atom is 0.256 e. The van der Waals surface area contributed by atoms with Gasteiger partial charge in [0.25, 0.3) is 11.8 Å². The van der Waals surface area contributed by atoms with Crippen molar-refractivity contribution in [3.8, 4) is 0 Å². The van der Waals surface area contributed by atoms with E-state index in [2.05, 4.69) is 10.3 Å². The van der Waals surface area contributed by atoms with Gasteiger partial charge >= 0.3 is 0 Å². The normalized spacial score (nSPS) is 18.4. The predicted molar refractivity (Wildman–Crippen MR) is 137 cm³/mol. The number of rotatable bonds is 5. The number of aryl methyl sites for hydroxylation is 1. The quantitative estimate of drug-likeness (QED) is 0.562. The first-order valence-corrected chi connectivity index (χ1v) is 12.6. The molecule has 0 radical (unpaired) electrons. The van der Waals surface area contributed by atoms with E-state index in [0.717, 1.165) is 5.56 Å². The topological polar surface area (TPSA) is 91.8 Å². The van der Waals surface area contributed by atoms with E-state index >= 15 is 0 Å². The average Bonchev–Trinajstić information content (AvgIpc) is 3.30. The Kier molecular flexibility index (Phi) is 7.20. The Bertz CT molecular complexity index is 1320. The van der Waals surface area contributed by atoms with Crippen LogP contribution in [0, 0.1) is 12.7 Å². The standard InChI is InChI=1S/C29H29FN4O4/c1-20-5-4-6-22(17-20)27(36)33-15-12-29(13-16-33)34(28(37)21-8-10-23(30)11-9-21)25(19-38-29)26(35)32-18-24-7-2-3-14-31-24/h2-11,14,17,25H,12-13,15-16,18-19H2,1H3,(H,32,35)/t25-/m1/s1. The summed E-state index contributed by atoms with van der Waals surface area (Å²) in [5.74, 6) is -1.32. The highest BCUT2D eigenvalue weighted by molar-refractivity contribution is 5.98. The molecule has 2 aromatic carbocycles. The second kappa shape index (κ2) is 10.7. The molecule has 2 aliphatic heterocycles. The SMILES string of the molecule is Cc1cccc(C(=O)N2CCC3(CC2)OC[C@H](C(=O)NCc2ccccn2)N3C(=O)c2ccc(F)cc2)c1. The van der Waals surface area contributed by atoms with Crippen LogP contribution in [0.2, 0.25) is 0 Å². The summed E-state index contributed by atoms with van der Waals surface area (Å²) < 4.78 is 19.8. The summed E-state index contributed by atoms with van der Waals surface area (Å²) in [4.78, 5) is 47.6. The minimum atomic E-state index is -1.05. The maximum atomic E-state index is 13.7. The molecule has 5 rings (SSSR count). The second-order valence-electron chi connectivity index (χ2n) is 9.66. The van der Waals surface area contributed by atoms with Crippen LogP contribution in [0.4, 0.5) is 4.39 Å². The lowest BCUT2D eigenvalue weighted by Gasteiger charge is -2.44. The van der Waals surface area contributed by atoms with E-state index in [1.807, 2.05) is 31.2 Å². The molecule has 2 aliphatic rings. The van der Waals surface area contributed by atoms with Crippen LogP contribution in [0.1, 0.15) is 44.8 Å². The molecule has 0 saturated carbocycles. The zero-order valence-electron chi connectivity index (χ0n) is 21.1. The molecule has 196 valence electrons. The molecular weight excluding hydrogens is 487 g/mol. The minimum Gasteiger partial charge on any atom is -0.353 e. The third-order valence-electron chi connectivity index (χ3n) is 7.14. The van der Waals surface area contributed by atoms with Crippen molar-refractivity contribution in [2.75, 3.05) is 19.7 Å². The Morgan fingerprint density at radius 2 is 1.76 bits per heavy atom. The number of nitrogens with one attached hydrogen (secondary N) is 1. The fourth-order valence-electron chi connectivity index (χ4n) is 5.12. The fourth-order valence-corrected chi connectivity index (χ4v) is 5.12. The molecule has 2 fully saturated rings. The van der Waals surface area contributed by atoms with Gasteiger partial charge in [0, 0.05) is 43.3 Å². The van der Waals surface area contributed by atoms with Gasteiger partial charge in [-0.1, -0.05) is 23.8 Å². The summed E-state index contributed by atoms with van der Waals surface area (Å²) in [6.45, 7) is 2.89. The fraction of sp³-hybridized carbons (Fsp3) is 0.310. The molecule has 9 heteroatoms. The third kappa shape index (κ3) is 5.15. The van der Waals surface area contributed by atoms with Crippen molar-refractivity contribution in [2.45, 2.75) is 38.1 Å². The molecule has 1 atom stereocenters. The van der Waals surface area contributed by atoms with E-state index in [-0.39, 0.29) is 30.5 Å². The lowest BCUT2D eigenvalue weighted by molar-refractivity contribution is -0.128. The number of carbonyl (C=O) groups is 3. The summed E-state index contributed by atoms with van der Waals surface area (Å²) in [6.07, 6.45) is 2.34. The molecule has 3 amide bonds. The van der Waals surface area contributed by atoms with Crippen molar-refractivity contribution < 1.29 is 23.5 Å². The molecular formula is C29H29FN4O4. The van der Waals surface area contributed by atoms with Gasteiger partial charge in [-0.2, -0.15) is 0 Å². The summed E-state index contributed by atoms with van der Waals surface area (Å²) in [5.41, 5.74) is 1.51. The molecule has 1 aromatic heterocycles. The van der Waals surface area contributed by atoms with E-state index < -0.39 is 23.5 Å². The van der Waals surface area contributed by atoms with Gasteiger partial charge in [-0.05, 0) is 55.5 Å². The van der Waals surface area contributed by atoms with Crippen molar-refractivity contribution in [3.63, 3.8) is 0 Å². The number of halogens is 1. The maximum absolute atomic E-state index is 13.7. The van der Waals surface area contributed by atoms with E-state index in [1.54, 1.807) is 29.3 Å². The zero-order chi connectivity index (χ0) is 26.7. The van der Waals surface area contributed by atoms with Crippen molar-refractivity contribution in [2.24, 2.45) is 0 Å². The monoisotopic (exact) mass is 516 g/mol. The smallest absolute Gasteiger partial charge is 0.256 e. The van der Waals surface area contributed by atoms with Crippen LogP contribution in [0.25, 0.3) is 0 Å². The van der Waals surface area contributed by atoms with Gasteiger partial charge in [0.15, 0.2) is 0 Å². The Hall–Kier alpha value is -4.11. The van der Waals surface area contributed by atoms with Gasteiger partial charge in [0.1, 0.15) is 17.6 Å². The molecule has 2 saturated heterocycles. The first kappa shape index (κ1) is 25.5. The summed E-state index contributed by atoms with van der Waals surface area (Å²) >= 11 is 0. The first-order valence-electron chi connectivity index (χ1n) is 12.6. The van der Waals surface area contributed by atoms with Gasteiger partial charge < -0.3 is 15.0 Å². The van der Waals surface area contributed by atoms with Crippen LogP contribution in [0.15, 0.2) is 72.9 Å². The molecule has 3 heterocycles. The van der Waals surface area contributed by atoms with E-state index in [9.17, 15) is 18.8 Å². The van der Waals surface area contributed by atoms with E-state index in [1.165, 1.54) is 29.2 Å². The number of pyridine rings is 1. The van der Waals surface area contributed by atoms with Crippen LogP contribution in [0.5, 0.6) is 0 Å². The van der Waals surface area contributed by atoms with Gasteiger partial charge in [0.2, 0.25) is 5.91 Å². The lowest BCUT2D eigenvalue weighted by atomic mass is 9.96. The Labute approximate surface area is 220 Å². The molecule has 1 spiro atoms. The lowest BCUT2D eigenvalue weighted by Crippen LogP contribution is -2.59. The van der Waals surface area contributed by atoms with Crippen LogP contribution >= 0.6 is 0 Å². The number of ether oxygens (including phenoxy) is 1. The second-order valence-corrected chi connectivity index (χ2v) is 9.66. The largest absolute Gasteiger partial charge is 0.353 e. The number of carbonyl (C=O) groups excluding carboxylic acids is 3. The summed E-state index contributed by atoms with van der Waals surface area (Å²) in [5, 5.41) is 2.86. The highest BCUT2D eigenvalue weighted by atomic mass is 19.1. The Balaban J connectivity index is 1.36. The number of hydrogen-bond acceptors (Lipinski definition) is 5. The zero-order valence-corrected chi connectivity index (χ0v) is 21.1. The van der Waals surface area contributed by atoms with Crippen molar-refractivity contribution in [1.82, 2.24) is 20.1 Å². The molecule has 0 bridgehead atoms. The number of nitrogens with zero attached hydrogens (tertiary/aromatic N) is 3. The summed E-state index contributed by atoms with van der Waals surface area (Å²) in [6, 6.07) is 17.2. The molecule has 0 unspecified atom stereocenters. The Morgan fingerprint density at radius 1 is 1.00 bits per heavy atom. The van der Waals surface area contributed by atoms with E-state index in [0.29, 0.717) is 37.2 Å². The van der Waals surface area contributed by atoms with Crippen molar-refractivity contribution in [3.05, 3.63) is 101 Å². The predicted octanol–water partition coefficient (Wildman–Crippen LogP) is 3.32. The van der Waals surface area contributed by atoms with Crippen molar-refractivity contribution >= 4 is 17.7 Å². The summed E-state index contributed by atoms with van der Waals surface area (Å²) in [7, 11) is 0. The average molecular weight is 517 g/mol. The van der Waals surface area contributed by atoms with Gasteiger partial charge in [0.05, 0.1) is 18.8 Å². The molecule has 3 aromatic rings. The van der Waals surface area contributed by atoms with Crippen LogP contribution in [0.3, 0.4) is 0 Å². The van der Waals surface area contributed by atoms with Gasteiger partial charge in [-0.3, -0.25) is 24.3 Å². The van der Waals surface area contributed by atoms with Crippen LogP contribution < -0.4 is 5.32 Å². The highest BCUT2D eigenvalue weighted by Gasteiger charge is 2.54. The molecule has 38 heavy (non-hydrogen) atoms.